The molecule has 0 fully saturated rings. The Kier molecular flexibility index (Phi) is 5.47. The average Bonchev–Trinajstić information content (AvgIpc) is 3.27. The standard InChI is InChI=1S/C21H22N4O2S2/c1-12(2)17-9-14-20(27)23-18(24-21(14)29-17)10-28-11-19(26)22-15-5-4-6-16-13(15)7-8-25(16)3/h4-9,12H,10-11H2,1-3H3,(H,22,26)(H,23,24,27). The zero-order valence-electron chi connectivity index (χ0n) is 16.5. The second-order valence-corrected chi connectivity index (χ2v) is 9.29. The second kappa shape index (κ2) is 8.04. The molecule has 0 radical (unpaired) electrons. The summed E-state index contributed by atoms with van der Waals surface area (Å²) in [7, 11) is 1.98. The normalized spacial score (nSPS) is 11.6. The number of H-pyrrole nitrogens is 1. The highest BCUT2D eigenvalue weighted by atomic mass is 32.2. The van der Waals surface area contributed by atoms with Crippen LogP contribution in [0.3, 0.4) is 0 Å². The van der Waals surface area contributed by atoms with Crippen LogP contribution in [0.5, 0.6) is 0 Å². The summed E-state index contributed by atoms with van der Waals surface area (Å²) in [6.45, 7) is 4.20. The highest BCUT2D eigenvalue weighted by Gasteiger charge is 2.12. The lowest BCUT2D eigenvalue weighted by atomic mass is 10.2. The molecule has 0 atom stereocenters. The Hall–Kier alpha value is -2.58. The number of anilines is 1. The van der Waals surface area contributed by atoms with E-state index < -0.39 is 0 Å². The fraction of sp³-hybridized carbons (Fsp3) is 0.286. The van der Waals surface area contributed by atoms with Crippen molar-refractivity contribution in [2.45, 2.75) is 25.5 Å². The lowest BCUT2D eigenvalue weighted by molar-refractivity contribution is -0.113. The van der Waals surface area contributed by atoms with Crippen LogP contribution in [0, 0.1) is 0 Å². The number of fused-ring (bicyclic) bond motifs is 2. The fourth-order valence-corrected chi connectivity index (χ4v) is 4.93. The lowest BCUT2D eigenvalue weighted by Crippen LogP contribution is -2.15. The number of nitrogens with one attached hydrogen (secondary N) is 2. The van der Waals surface area contributed by atoms with Gasteiger partial charge in [-0.05, 0) is 30.2 Å². The molecule has 0 bridgehead atoms. The van der Waals surface area contributed by atoms with Crippen LogP contribution in [-0.2, 0) is 17.6 Å². The number of aromatic nitrogens is 3. The minimum Gasteiger partial charge on any atom is -0.350 e. The maximum atomic E-state index is 12.4. The molecular weight excluding hydrogens is 404 g/mol. The van der Waals surface area contributed by atoms with Gasteiger partial charge >= 0.3 is 0 Å². The summed E-state index contributed by atoms with van der Waals surface area (Å²) in [5.74, 6) is 1.65. The number of nitrogens with zero attached hydrogens (tertiary/aromatic N) is 2. The topological polar surface area (TPSA) is 79.8 Å². The molecule has 6 nitrogen and oxygen atoms in total. The van der Waals surface area contributed by atoms with E-state index in [2.05, 4.69) is 29.1 Å². The van der Waals surface area contributed by atoms with E-state index in [4.69, 9.17) is 0 Å². The monoisotopic (exact) mass is 426 g/mol. The van der Waals surface area contributed by atoms with Crippen molar-refractivity contribution in [1.82, 2.24) is 14.5 Å². The number of thioether (sulfide) groups is 1. The van der Waals surface area contributed by atoms with Crippen molar-refractivity contribution in [3.8, 4) is 0 Å². The molecule has 0 spiro atoms. The van der Waals surface area contributed by atoms with Crippen molar-refractivity contribution in [3.05, 3.63) is 57.6 Å². The Morgan fingerprint density at radius 1 is 1.31 bits per heavy atom. The van der Waals surface area contributed by atoms with Crippen LogP contribution in [0.2, 0.25) is 0 Å². The first-order chi connectivity index (χ1) is 13.9. The Labute approximate surface area is 176 Å². The van der Waals surface area contributed by atoms with Crippen molar-refractivity contribution < 1.29 is 4.79 Å². The maximum absolute atomic E-state index is 12.4. The van der Waals surface area contributed by atoms with Crippen molar-refractivity contribution in [3.63, 3.8) is 0 Å². The van der Waals surface area contributed by atoms with Gasteiger partial charge in [-0.2, -0.15) is 0 Å². The van der Waals surface area contributed by atoms with Gasteiger partial charge in [0.1, 0.15) is 10.7 Å². The highest BCUT2D eigenvalue weighted by Crippen LogP contribution is 2.28. The predicted octanol–water partition coefficient (Wildman–Crippen LogP) is 4.47. The van der Waals surface area contributed by atoms with Gasteiger partial charge in [0, 0.05) is 29.0 Å². The van der Waals surface area contributed by atoms with Gasteiger partial charge < -0.3 is 14.9 Å². The Balaban J connectivity index is 1.40. The van der Waals surface area contributed by atoms with Crippen molar-refractivity contribution in [1.29, 1.82) is 0 Å². The zero-order chi connectivity index (χ0) is 20.5. The van der Waals surface area contributed by atoms with Gasteiger partial charge in [-0.3, -0.25) is 9.59 Å². The summed E-state index contributed by atoms with van der Waals surface area (Å²) < 4.78 is 2.02. The van der Waals surface area contributed by atoms with Crippen LogP contribution in [0.1, 0.15) is 30.5 Å². The molecule has 0 saturated carbocycles. The second-order valence-electron chi connectivity index (χ2n) is 7.24. The number of aryl methyl sites for hydroxylation is 1. The van der Waals surface area contributed by atoms with Crippen LogP contribution in [0.25, 0.3) is 21.1 Å². The molecular formula is C21H22N4O2S2. The third-order valence-electron chi connectivity index (χ3n) is 4.71. The molecule has 1 amide bonds. The SMILES string of the molecule is CC(C)c1cc2c(=O)[nH]c(CSCC(=O)Nc3cccc4c3ccn4C)nc2s1. The van der Waals surface area contributed by atoms with Crippen LogP contribution in [-0.4, -0.2) is 26.2 Å². The number of carbonyl (C=O) groups is 1. The number of hydrogen-bond donors (Lipinski definition) is 2. The molecule has 2 N–H and O–H groups in total. The molecule has 150 valence electrons. The van der Waals surface area contributed by atoms with Crippen LogP contribution >= 0.6 is 23.1 Å². The number of amides is 1. The maximum Gasteiger partial charge on any atom is 0.259 e. The quantitative estimate of drug-likeness (QED) is 0.477. The molecule has 4 rings (SSSR count). The summed E-state index contributed by atoms with van der Waals surface area (Å²) >= 11 is 2.99. The first kappa shape index (κ1) is 19.7. The third kappa shape index (κ3) is 4.09. The van der Waals surface area contributed by atoms with Crippen LogP contribution in [0.15, 0.2) is 41.3 Å². The molecule has 3 heterocycles. The number of rotatable bonds is 6. The van der Waals surface area contributed by atoms with Gasteiger partial charge in [0.25, 0.3) is 5.56 Å². The molecule has 4 aromatic rings. The number of benzene rings is 1. The largest absolute Gasteiger partial charge is 0.350 e. The van der Waals surface area contributed by atoms with E-state index in [0.717, 1.165) is 26.3 Å². The van der Waals surface area contributed by atoms with Crippen LogP contribution in [0.4, 0.5) is 5.69 Å². The Morgan fingerprint density at radius 2 is 2.14 bits per heavy atom. The number of thiophene rings is 1. The first-order valence-electron chi connectivity index (χ1n) is 9.36. The summed E-state index contributed by atoms with van der Waals surface area (Å²) in [5, 5.41) is 4.63. The first-order valence-corrected chi connectivity index (χ1v) is 11.3. The van der Waals surface area contributed by atoms with Crippen molar-refractivity contribution in [2.24, 2.45) is 7.05 Å². The summed E-state index contributed by atoms with van der Waals surface area (Å²) in [5.41, 5.74) is 1.76. The highest BCUT2D eigenvalue weighted by molar-refractivity contribution is 7.99. The molecule has 0 aliphatic heterocycles. The summed E-state index contributed by atoms with van der Waals surface area (Å²) in [6, 6.07) is 9.77. The third-order valence-corrected chi connectivity index (χ3v) is 6.99. The molecule has 3 aromatic heterocycles. The van der Waals surface area contributed by atoms with Gasteiger partial charge in [0.15, 0.2) is 0 Å². The minimum atomic E-state index is -0.117. The van der Waals surface area contributed by atoms with Crippen molar-refractivity contribution in [2.75, 3.05) is 11.1 Å². The number of aromatic amines is 1. The van der Waals surface area contributed by atoms with Crippen LogP contribution < -0.4 is 10.9 Å². The zero-order valence-corrected chi connectivity index (χ0v) is 18.1. The molecule has 0 aliphatic carbocycles. The molecule has 0 aliphatic rings. The van der Waals surface area contributed by atoms with Gasteiger partial charge in [-0.15, -0.1) is 23.1 Å². The lowest BCUT2D eigenvalue weighted by Gasteiger charge is -2.07. The average molecular weight is 427 g/mol. The van der Waals surface area contributed by atoms with Gasteiger partial charge in [0.2, 0.25) is 5.91 Å². The van der Waals surface area contributed by atoms with E-state index >= 15 is 0 Å². The number of hydrogen-bond acceptors (Lipinski definition) is 5. The molecule has 1 aromatic carbocycles. The van der Waals surface area contributed by atoms with Gasteiger partial charge in [-0.1, -0.05) is 19.9 Å². The summed E-state index contributed by atoms with van der Waals surface area (Å²) in [6.07, 6.45) is 1.97. The minimum absolute atomic E-state index is 0.0759. The molecule has 29 heavy (non-hydrogen) atoms. The smallest absolute Gasteiger partial charge is 0.259 e. The van der Waals surface area contributed by atoms with E-state index in [1.807, 2.05) is 48.1 Å². The van der Waals surface area contributed by atoms with Crippen molar-refractivity contribution >= 4 is 55.8 Å². The van der Waals surface area contributed by atoms with E-state index in [0.29, 0.717) is 22.9 Å². The van der Waals surface area contributed by atoms with Gasteiger partial charge in [-0.25, -0.2) is 4.98 Å². The molecule has 0 saturated heterocycles. The molecule has 8 heteroatoms. The van der Waals surface area contributed by atoms with Gasteiger partial charge in [0.05, 0.1) is 22.6 Å². The Morgan fingerprint density at radius 3 is 2.93 bits per heavy atom. The van der Waals surface area contributed by atoms with E-state index in [1.54, 1.807) is 11.3 Å². The fourth-order valence-electron chi connectivity index (χ4n) is 3.19. The van der Waals surface area contributed by atoms with E-state index in [-0.39, 0.29) is 17.2 Å². The Bertz CT molecular complexity index is 1250. The van der Waals surface area contributed by atoms with E-state index in [1.165, 1.54) is 11.8 Å². The summed E-state index contributed by atoms with van der Waals surface area (Å²) in [4.78, 5) is 34.0. The number of carbonyl (C=O) groups excluding carboxylic acids is 1. The predicted molar refractivity (Wildman–Crippen MR) is 122 cm³/mol. The van der Waals surface area contributed by atoms with E-state index in [9.17, 15) is 9.59 Å². The molecule has 0 unspecified atom stereocenters.